The fraction of sp³-hybridized carbons (Fsp3) is 0.857. The van der Waals surface area contributed by atoms with Gasteiger partial charge in [0.05, 0.1) is 11.8 Å². The second kappa shape index (κ2) is 6.23. The number of halogens is 3. The van der Waals surface area contributed by atoms with E-state index in [1.165, 1.54) is 4.90 Å². The van der Waals surface area contributed by atoms with Crippen LogP contribution in [0.5, 0.6) is 0 Å². The van der Waals surface area contributed by atoms with E-state index in [0.717, 1.165) is 0 Å². The lowest BCUT2D eigenvalue weighted by molar-refractivity contribution is -0.201. The summed E-state index contributed by atoms with van der Waals surface area (Å²) in [6, 6.07) is 0. The number of carbonyl (C=O) groups is 2. The van der Waals surface area contributed by atoms with Gasteiger partial charge in [0.2, 0.25) is 5.91 Å². The van der Waals surface area contributed by atoms with E-state index >= 15 is 0 Å². The minimum Gasteiger partial charge on any atom is -0.481 e. The normalized spacial score (nSPS) is 28.4. The molecule has 1 saturated heterocycles. The zero-order chi connectivity index (χ0) is 15.6. The van der Waals surface area contributed by atoms with E-state index in [2.05, 4.69) is 0 Å². The highest BCUT2D eigenvalue weighted by molar-refractivity contribution is 5.80. The minimum atomic E-state index is -4.33. The second-order valence-corrected chi connectivity index (χ2v) is 5.98. The molecule has 2 fully saturated rings. The van der Waals surface area contributed by atoms with E-state index < -0.39 is 35.8 Å². The molecule has 0 spiro atoms. The van der Waals surface area contributed by atoms with Crippen LogP contribution in [0.2, 0.25) is 0 Å². The van der Waals surface area contributed by atoms with Crippen molar-refractivity contribution in [1.29, 1.82) is 0 Å². The number of carboxylic acid groups (broad SMARTS) is 1. The van der Waals surface area contributed by atoms with Crippen LogP contribution in [-0.2, 0) is 9.59 Å². The summed E-state index contributed by atoms with van der Waals surface area (Å²) < 4.78 is 39.1. The molecule has 7 heteroatoms. The molecule has 2 aliphatic rings. The highest BCUT2D eigenvalue weighted by Crippen LogP contribution is 2.42. The molecule has 1 heterocycles. The highest BCUT2D eigenvalue weighted by atomic mass is 19.4. The van der Waals surface area contributed by atoms with Gasteiger partial charge >= 0.3 is 12.1 Å². The van der Waals surface area contributed by atoms with Gasteiger partial charge in [-0.1, -0.05) is 12.8 Å². The van der Waals surface area contributed by atoms with E-state index in [4.69, 9.17) is 5.11 Å². The molecule has 21 heavy (non-hydrogen) atoms. The van der Waals surface area contributed by atoms with E-state index in [1.54, 1.807) is 0 Å². The number of aliphatic carboxylic acids is 1. The van der Waals surface area contributed by atoms with Gasteiger partial charge in [-0.2, -0.15) is 13.2 Å². The molecule has 1 aliphatic carbocycles. The van der Waals surface area contributed by atoms with Crippen molar-refractivity contribution in [1.82, 2.24) is 4.90 Å². The molecule has 2 atom stereocenters. The summed E-state index contributed by atoms with van der Waals surface area (Å²) in [4.78, 5) is 24.7. The number of hydrogen-bond acceptors (Lipinski definition) is 2. The number of amides is 1. The van der Waals surface area contributed by atoms with Gasteiger partial charge < -0.3 is 10.0 Å². The van der Waals surface area contributed by atoms with Crippen molar-refractivity contribution in [3.8, 4) is 0 Å². The largest absolute Gasteiger partial charge is 0.481 e. The van der Waals surface area contributed by atoms with E-state index in [-0.39, 0.29) is 25.9 Å². The second-order valence-electron chi connectivity index (χ2n) is 5.98. The lowest BCUT2D eigenvalue weighted by atomic mass is 9.77. The molecule has 1 saturated carbocycles. The Labute approximate surface area is 121 Å². The smallest absolute Gasteiger partial charge is 0.392 e. The number of rotatable bonds is 2. The summed E-state index contributed by atoms with van der Waals surface area (Å²) in [6.07, 6.45) is -2.23. The van der Waals surface area contributed by atoms with Crippen LogP contribution in [0.4, 0.5) is 13.2 Å². The first-order chi connectivity index (χ1) is 9.80. The zero-order valence-corrected chi connectivity index (χ0v) is 11.7. The highest BCUT2D eigenvalue weighted by Gasteiger charge is 2.49. The standard InChI is InChI=1S/C14H20F3NO3/c15-14(16,17)11-4-2-1-3-10(11)12(19)18-7-5-9(6-8-18)13(20)21/h9-11H,1-8H2,(H,20,21)/t10-,11+/m0/s1. The summed E-state index contributed by atoms with van der Waals surface area (Å²) in [5, 5.41) is 8.91. The average molecular weight is 307 g/mol. The van der Waals surface area contributed by atoms with Crippen LogP contribution in [0.3, 0.4) is 0 Å². The van der Waals surface area contributed by atoms with Crippen molar-refractivity contribution in [2.75, 3.05) is 13.1 Å². The van der Waals surface area contributed by atoms with Gasteiger partial charge in [0.1, 0.15) is 0 Å². The number of piperidine rings is 1. The Morgan fingerprint density at radius 1 is 1.00 bits per heavy atom. The third-order valence-corrected chi connectivity index (χ3v) is 4.66. The predicted octanol–water partition coefficient (Wildman–Crippen LogP) is 2.68. The van der Waals surface area contributed by atoms with Gasteiger partial charge in [-0.25, -0.2) is 0 Å². The molecule has 120 valence electrons. The molecular weight excluding hydrogens is 287 g/mol. The van der Waals surface area contributed by atoms with Crippen LogP contribution in [0.25, 0.3) is 0 Å². The summed E-state index contributed by atoms with van der Waals surface area (Å²) in [6.45, 7) is 0.494. The number of alkyl halides is 3. The Hall–Kier alpha value is -1.27. The van der Waals surface area contributed by atoms with Crippen molar-refractivity contribution in [2.24, 2.45) is 17.8 Å². The van der Waals surface area contributed by atoms with Crippen molar-refractivity contribution in [3.05, 3.63) is 0 Å². The van der Waals surface area contributed by atoms with Gasteiger partial charge in [0.25, 0.3) is 0 Å². The maximum absolute atomic E-state index is 13.0. The van der Waals surface area contributed by atoms with Crippen molar-refractivity contribution >= 4 is 11.9 Å². The number of carbonyl (C=O) groups excluding carboxylic acids is 1. The number of nitrogens with zero attached hydrogens (tertiary/aromatic N) is 1. The maximum atomic E-state index is 13.0. The van der Waals surface area contributed by atoms with Gasteiger partial charge in [-0.3, -0.25) is 9.59 Å². The Morgan fingerprint density at radius 3 is 2.10 bits per heavy atom. The van der Waals surface area contributed by atoms with Gasteiger partial charge in [0.15, 0.2) is 0 Å². The van der Waals surface area contributed by atoms with Crippen LogP contribution in [0.1, 0.15) is 38.5 Å². The SMILES string of the molecule is O=C(O)C1CCN(C(=O)[C@H]2CCCC[C@H]2C(F)(F)F)CC1. The van der Waals surface area contributed by atoms with Crippen LogP contribution in [-0.4, -0.2) is 41.1 Å². The maximum Gasteiger partial charge on any atom is 0.392 e. The van der Waals surface area contributed by atoms with Crippen molar-refractivity contribution in [2.45, 2.75) is 44.7 Å². The first-order valence-corrected chi connectivity index (χ1v) is 7.39. The summed E-state index contributed by atoms with van der Waals surface area (Å²) >= 11 is 0. The van der Waals surface area contributed by atoms with Crippen molar-refractivity contribution < 1.29 is 27.9 Å². The molecule has 0 aromatic heterocycles. The van der Waals surface area contributed by atoms with Gasteiger partial charge in [0, 0.05) is 19.0 Å². The molecule has 2 rings (SSSR count). The van der Waals surface area contributed by atoms with Crippen LogP contribution < -0.4 is 0 Å². The average Bonchev–Trinajstić information content (AvgIpc) is 2.45. The summed E-state index contributed by atoms with van der Waals surface area (Å²) in [5.41, 5.74) is 0. The lowest BCUT2D eigenvalue weighted by Crippen LogP contribution is -2.47. The molecule has 4 nitrogen and oxygen atoms in total. The van der Waals surface area contributed by atoms with Gasteiger partial charge in [-0.05, 0) is 25.7 Å². The van der Waals surface area contributed by atoms with Crippen LogP contribution >= 0.6 is 0 Å². The number of likely N-dealkylation sites (tertiary alicyclic amines) is 1. The molecule has 0 unspecified atom stereocenters. The van der Waals surface area contributed by atoms with Crippen LogP contribution in [0, 0.1) is 17.8 Å². The first-order valence-electron chi connectivity index (χ1n) is 7.39. The van der Waals surface area contributed by atoms with E-state index in [9.17, 15) is 22.8 Å². The third-order valence-electron chi connectivity index (χ3n) is 4.66. The fourth-order valence-electron chi connectivity index (χ4n) is 3.40. The molecule has 1 aliphatic heterocycles. The third kappa shape index (κ3) is 3.68. The van der Waals surface area contributed by atoms with E-state index in [0.29, 0.717) is 25.7 Å². The Bertz CT molecular complexity index is 403. The Morgan fingerprint density at radius 2 is 1.57 bits per heavy atom. The number of carboxylic acids is 1. The van der Waals surface area contributed by atoms with Crippen molar-refractivity contribution in [3.63, 3.8) is 0 Å². The molecule has 0 aromatic rings. The lowest BCUT2D eigenvalue weighted by Gasteiger charge is -2.38. The fourth-order valence-corrected chi connectivity index (χ4v) is 3.40. The van der Waals surface area contributed by atoms with E-state index in [1.807, 2.05) is 0 Å². The Kier molecular flexibility index (Phi) is 4.78. The monoisotopic (exact) mass is 307 g/mol. The summed E-state index contributed by atoms with van der Waals surface area (Å²) in [7, 11) is 0. The molecule has 0 bridgehead atoms. The topological polar surface area (TPSA) is 57.6 Å². The molecule has 1 N–H and O–H groups in total. The predicted molar refractivity (Wildman–Crippen MR) is 68.4 cm³/mol. The minimum absolute atomic E-state index is 0.0193. The summed E-state index contributed by atoms with van der Waals surface area (Å²) in [5.74, 6) is -4.36. The number of hydrogen-bond donors (Lipinski definition) is 1. The molecular formula is C14H20F3NO3. The molecule has 0 radical (unpaired) electrons. The quantitative estimate of drug-likeness (QED) is 0.853. The zero-order valence-electron chi connectivity index (χ0n) is 11.7. The molecule has 1 amide bonds. The first kappa shape index (κ1) is 16.1. The van der Waals surface area contributed by atoms with Crippen LogP contribution in [0.15, 0.2) is 0 Å². The Balaban J connectivity index is 2.00. The molecule has 0 aromatic carbocycles. The van der Waals surface area contributed by atoms with Gasteiger partial charge in [-0.15, -0.1) is 0 Å².